The van der Waals surface area contributed by atoms with E-state index in [0.29, 0.717) is 5.52 Å². The van der Waals surface area contributed by atoms with Crippen LogP contribution in [0.25, 0.3) is 5.52 Å². The van der Waals surface area contributed by atoms with Gasteiger partial charge in [0.15, 0.2) is 0 Å². The summed E-state index contributed by atoms with van der Waals surface area (Å²) < 4.78 is 15.0. The molecule has 2 aromatic heterocycles. The van der Waals surface area contributed by atoms with Crippen LogP contribution < -0.4 is 11.0 Å². The molecule has 0 unspecified atom stereocenters. The lowest BCUT2D eigenvalue weighted by Gasteiger charge is -2.32. The normalized spacial score (nSPS) is 20.8. The Morgan fingerprint density at radius 2 is 1.80 bits per heavy atom. The highest BCUT2D eigenvalue weighted by Gasteiger charge is 2.52. The van der Waals surface area contributed by atoms with Gasteiger partial charge in [-0.3, -0.25) is 9.36 Å². The van der Waals surface area contributed by atoms with Gasteiger partial charge >= 0.3 is 7.12 Å². The summed E-state index contributed by atoms with van der Waals surface area (Å²) in [7, 11) is 1.20. The molecule has 1 fully saturated rings. The van der Waals surface area contributed by atoms with Crippen molar-refractivity contribution in [1.29, 1.82) is 0 Å². The maximum Gasteiger partial charge on any atom is 0.496 e. The molecule has 3 heterocycles. The van der Waals surface area contributed by atoms with Crippen molar-refractivity contribution in [2.45, 2.75) is 38.9 Å². The van der Waals surface area contributed by atoms with Crippen LogP contribution in [-0.2, 0) is 16.4 Å². The van der Waals surface area contributed by atoms with Gasteiger partial charge in [0.05, 0.1) is 11.2 Å². The maximum absolute atomic E-state index is 12.0. The van der Waals surface area contributed by atoms with Crippen LogP contribution >= 0.6 is 0 Å². The minimum atomic E-state index is -0.480. The zero-order valence-electron chi connectivity index (χ0n) is 12.4. The van der Waals surface area contributed by atoms with E-state index < -0.39 is 18.3 Å². The average Bonchev–Trinajstić information content (AvgIpc) is 2.85. The Morgan fingerprint density at radius 1 is 1.20 bits per heavy atom. The molecule has 6 nitrogen and oxygen atoms in total. The summed E-state index contributed by atoms with van der Waals surface area (Å²) in [5, 5.41) is 4.17. The van der Waals surface area contributed by atoms with Gasteiger partial charge in [-0.1, -0.05) is 0 Å². The SMILES string of the molecule is Cn1cnn2cc(B3OC(C)(C)C(C)(C)O3)cc2c1=O. The number of aromatic nitrogens is 3. The summed E-state index contributed by atoms with van der Waals surface area (Å²) in [5.41, 5.74) is 0.427. The number of hydrogen-bond donors (Lipinski definition) is 0. The van der Waals surface area contributed by atoms with Crippen molar-refractivity contribution in [3.63, 3.8) is 0 Å². The van der Waals surface area contributed by atoms with E-state index in [-0.39, 0.29) is 5.56 Å². The van der Waals surface area contributed by atoms with Crippen molar-refractivity contribution in [3.8, 4) is 0 Å². The quantitative estimate of drug-likeness (QED) is 0.704. The Morgan fingerprint density at radius 3 is 2.40 bits per heavy atom. The molecule has 7 heteroatoms. The van der Waals surface area contributed by atoms with Gasteiger partial charge in [0.1, 0.15) is 11.8 Å². The predicted octanol–water partition coefficient (Wildman–Crippen LogP) is 0.332. The molecule has 1 aliphatic heterocycles. The summed E-state index contributed by atoms with van der Waals surface area (Å²) in [6.07, 6.45) is 3.27. The molecule has 1 aliphatic rings. The second-order valence-electron chi connectivity index (χ2n) is 6.24. The van der Waals surface area contributed by atoms with Gasteiger partial charge in [-0.25, -0.2) is 4.52 Å². The molecule has 0 radical (unpaired) electrons. The third kappa shape index (κ3) is 1.81. The fourth-order valence-electron chi connectivity index (χ4n) is 2.20. The zero-order chi connectivity index (χ0) is 14.7. The second kappa shape index (κ2) is 3.96. The smallest absolute Gasteiger partial charge is 0.399 e. The van der Waals surface area contributed by atoms with E-state index in [9.17, 15) is 4.79 Å². The van der Waals surface area contributed by atoms with Crippen LogP contribution in [0.2, 0.25) is 0 Å². The van der Waals surface area contributed by atoms with Crippen molar-refractivity contribution in [2.75, 3.05) is 0 Å². The van der Waals surface area contributed by atoms with Crippen LogP contribution in [0.3, 0.4) is 0 Å². The van der Waals surface area contributed by atoms with Crippen LogP contribution in [0.5, 0.6) is 0 Å². The number of fused-ring (bicyclic) bond motifs is 1. The molecule has 0 spiro atoms. The average molecular weight is 275 g/mol. The summed E-state index contributed by atoms with van der Waals surface area (Å²) in [5.74, 6) is 0. The Hall–Kier alpha value is -1.60. The number of rotatable bonds is 1. The fraction of sp³-hybridized carbons (Fsp3) is 0.538. The van der Waals surface area contributed by atoms with E-state index in [2.05, 4.69) is 5.10 Å². The third-order valence-electron chi connectivity index (χ3n) is 4.24. The Kier molecular flexibility index (Phi) is 2.65. The molecule has 0 amide bonds. The second-order valence-corrected chi connectivity index (χ2v) is 6.24. The number of aryl methyl sites for hydroxylation is 1. The topological polar surface area (TPSA) is 57.8 Å². The highest BCUT2D eigenvalue weighted by Crippen LogP contribution is 2.36. The Balaban J connectivity index is 2.05. The molecule has 0 bridgehead atoms. The monoisotopic (exact) mass is 275 g/mol. The third-order valence-corrected chi connectivity index (χ3v) is 4.24. The van der Waals surface area contributed by atoms with E-state index >= 15 is 0 Å². The molecule has 0 aliphatic carbocycles. The van der Waals surface area contributed by atoms with Gasteiger partial charge in [0.2, 0.25) is 0 Å². The van der Waals surface area contributed by atoms with Crippen molar-refractivity contribution in [2.24, 2.45) is 7.05 Å². The standard InChI is InChI=1S/C13H18BN3O3/c1-12(2)13(3,4)20-14(19-12)9-6-10-11(18)16(5)8-15-17(10)7-9/h6-8H,1-5H3. The molecule has 0 saturated carbocycles. The fourth-order valence-corrected chi connectivity index (χ4v) is 2.20. The largest absolute Gasteiger partial charge is 0.496 e. The Labute approximate surface area is 117 Å². The van der Waals surface area contributed by atoms with E-state index in [4.69, 9.17) is 9.31 Å². The first kappa shape index (κ1) is 13.4. The lowest BCUT2D eigenvalue weighted by atomic mass is 9.81. The zero-order valence-corrected chi connectivity index (χ0v) is 12.4. The first-order chi connectivity index (χ1) is 9.21. The lowest BCUT2D eigenvalue weighted by molar-refractivity contribution is 0.00578. The molecule has 0 aromatic carbocycles. The molecule has 20 heavy (non-hydrogen) atoms. The molecule has 0 N–H and O–H groups in total. The van der Waals surface area contributed by atoms with Crippen molar-refractivity contribution < 1.29 is 9.31 Å². The van der Waals surface area contributed by atoms with Crippen LogP contribution in [0, 0.1) is 0 Å². The van der Waals surface area contributed by atoms with E-state index in [1.54, 1.807) is 23.8 Å². The van der Waals surface area contributed by atoms with E-state index in [1.807, 2.05) is 27.7 Å². The van der Waals surface area contributed by atoms with Crippen LogP contribution in [0.1, 0.15) is 27.7 Å². The molecular weight excluding hydrogens is 257 g/mol. The molecule has 3 rings (SSSR count). The summed E-state index contributed by atoms with van der Waals surface area (Å²) in [6, 6.07) is 1.78. The van der Waals surface area contributed by atoms with Gasteiger partial charge in [0.25, 0.3) is 5.56 Å². The highest BCUT2D eigenvalue weighted by atomic mass is 16.7. The minimum Gasteiger partial charge on any atom is -0.399 e. The lowest BCUT2D eigenvalue weighted by Crippen LogP contribution is -2.41. The maximum atomic E-state index is 12.0. The summed E-state index contributed by atoms with van der Waals surface area (Å²) >= 11 is 0. The van der Waals surface area contributed by atoms with Gasteiger partial charge in [0, 0.05) is 18.7 Å². The summed E-state index contributed by atoms with van der Waals surface area (Å²) in [6.45, 7) is 8.00. The first-order valence-corrected chi connectivity index (χ1v) is 6.61. The molecule has 1 saturated heterocycles. The van der Waals surface area contributed by atoms with Gasteiger partial charge < -0.3 is 9.31 Å². The van der Waals surface area contributed by atoms with Crippen LogP contribution in [0.4, 0.5) is 0 Å². The van der Waals surface area contributed by atoms with Crippen molar-refractivity contribution in [3.05, 3.63) is 28.9 Å². The Bertz CT molecular complexity index is 716. The van der Waals surface area contributed by atoms with Crippen LogP contribution in [-0.4, -0.2) is 32.5 Å². The van der Waals surface area contributed by atoms with E-state index in [0.717, 1.165) is 5.46 Å². The molecule has 0 atom stereocenters. The van der Waals surface area contributed by atoms with Crippen molar-refractivity contribution >= 4 is 18.1 Å². The molecular formula is C13H18BN3O3. The van der Waals surface area contributed by atoms with Gasteiger partial charge in [-0.2, -0.15) is 5.10 Å². The van der Waals surface area contributed by atoms with Crippen LogP contribution in [0.15, 0.2) is 23.4 Å². The molecule has 106 valence electrons. The first-order valence-electron chi connectivity index (χ1n) is 6.61. The molecule has 2 aromatic rings. The van der Waals surface area contributed by atoms with E-state index in [1.165, 1.54) is 10.9 Å². The van der Waals surface area contributed by atoms with Crippen molar-refractivity contribution in [1.82, 2.24) is 14.2 Å². The summed E-state index contributed by atoms with van der Waals surface area (Å²) in [4.78, 5) is 12.0. The number of hydrogen-bond acceptors (Lipinski definition) is 4. The minimum absolute atomic E-state index is 0.0947. The number of nitrogens with zero attached hydrogens (tertiary/aromatic N) is 3. The predicted molar refractivity (Wildman–Crippen MR) is 76.1 cm³/mol. The van der Waals surface area contributed by atoms with Gasteiger partial charge in [-0.05, 0) is 33.8 Å². The highest BCUT2D eigenvalue weighted by molar-refractivity contribution is 6.62. The van der Waals surface area contributed by atoms with Gasteiger partial charge in [-0.15, -0.1) is 0 Å².